The maximum Gasteiger partial charge on any atom is 0.573 e. The van der Waals surface area contributed by atoms with E-state index in [-0.39, 0.29) is 11.8 Å². The van der Waals surface area contributed by atoms with E-state index in [4.69, 9.17) is 0 Å². The van der Waals surface area contributed by atoms with Crippen LogP contribution in [-0.4, -0.2) is 16.1 Å². The van der Waals surface area contributed by atoms with Crippen molar-refractivity contribution in [3.8, 4) is 5.75 Å². The van der Waals surface area contributed by atoms with Crippen LogP contribution in [0, 0.1) is 6.92 Å². The molecule has 2 rings (SSSR count). The first-order valence-corrected chi connectivity index (χ1v) is 6.37. The maximum absolute atomic E-state index is 12.2. The number of anilines is 1. The van der Waals surface area contributed by atoms with E-state index in [2.05, 4.69) is 15.2 Å². The molecule has 21 heavy (non-hydrogen) atoms. The molecule has 0 fully saturated rings. The Kier molecular flexibility index (Phi) is 4.11. The molecule has 1 atom stereocenters. The lowest BCUT2D eigenvalue weighted by atomic mass is 10.1. The van der Waals surface area contributed by atoms with Crippen LogP contribution in [0.2, 0.25) is 0 Å². The molecule has 0 saturated carbocycles. The number of hydrogen-bond acceptors (Lipinski definition) is 3. The Balaban J connectivity index is 2.12. The van der Waals surface area contributed by atoms with Crippen molar-refractivity contribution < 1.29 is 17.9 Å². The van der Waals surface area contributed by atoms with Crippen LogP contribution in [0.15, 0.2) is 30.5 Å². The van der Waals surface area contributed by atoms with Gasteiger partial charge in [-0.05, 0) is 26.0 Å². The van der Waals surface area contributed by atoms with Crippen LogP contribution in [0.25, 0.3) is 0 Å². The molecule has 0 bridgehead atoms. The molecule has 7 heteroatoms. The number of ether oxygens (including phenoxy) is 1. The number of aryl methyl sites for hydroxylation is 2. The summed E-state index contributed by atoms with van der Waals surface area (Å²) in [6, 6.07) is 5.69. The van der Waals surface area contributed by atoms with E-state index in [0.717, 1.165) is 11.3 Å². The molecule has 1 unspecified atom stereocenters. The van der Waals surface area contributed by atoms with Crippen LogP contribution in [0.5, 0.6) is 5.75 Å². The Morgan fingerprint density at radius 3 is 2.62 bits per heavy atom. The van der Waals surface area contributed by atoms with E-state index in [0.29, 0.717) is 5.69 Å². The van der Waals surface area contributed by atoms with Crippen molar-refractivity contribution in [2.75, 3.05) is 5.32 Å². The summed E-state index contributed by atoms with van der Waals surface area (Å²) >= 11 is 0. The van der Waals surface area contributed by atoms with Gasteiger partial charge in [-0.2, -0.15) is 5.10 Å². The first kappa shape index (κ1) is 15.2. The molecule has 0 amide bonds. The number of hydrogen-bond donors (Lipinski definition) is 1. The summed E-state index contributed by atoms with van der Waals surface area (Å²) in [5.74, 6) is -0.248. The molecule has 0 aliphatic heterocycles. The quantitative estimate of drug-likeness (QED) is 0.933. The van der Waals surface area contributed by atoms with Gasteiger partial charge in [0, 0.05) is 30.6 Å². The van der Waals surface area contributed by atoms with Crippen LogP contribution in [-0.2, 0) is 7.05 Å². The molecule has 1 aromatic heterocycles. The lowest BCUT2D eigenvalue weighted by molar-refractivity contribution is -0.274. The summed E-state index contributed by atoms with van der Waals surface area (Å²) in [4.78, 5) is 0. The Bertz CT molecular complexity index is 622. The van der Waals surface area contributed by atoms with Crippen molar-refractivity contribution in [1.82, 2.24) is 9.78 Å². The number of nitrogens with zero attached hydrogens (tertiary/aromatic N) is 2. The van der Waals surface area contributed by atoms with Gasteiger partial charge in [-0.15, -0.1) is 13.2 Å². The molecule has 2 aromatic rings. The zero-order valence-electron chi connectivity index (χ0n) is 11.9. The largest absolute Gasteiger partial charge is 0.573 e. The van der Waals surface area contributed by atoms with Gasteiger partial charge in [0.2, 0.25) is 0 Å². The topological polar surface area (TPSA) is 39.1 Å². The normalized spacial score (nSPS) is 13.0. The molecule has 1 N–H and O–H groups in total. The lowest BCUT2D eigenvalue weighted by Crippen LogP contribution is -2.17. The van der Waals surface area contributed by atoms with E-state index in [1.54, 1.807) is 10.7 Å². The fourth-order valence-corrected chi connectivity index (χ4v) is 2.15. The van der Waals surface area contributed by atoms with Crippen LogP contribution in [0.4, 0.5) is 18.9 Å². The minimum absolute atomic E-state index is 0.0835. The molecule has 0 aliphatic carbocycles. The second-order valence-electron chi connectivity index (χ2n) is 4.79. The first-order valence-electron chi connectivity index (χ1n) is 6.37. The van der Waals surface area contributed by atoms with Crippen molar-refractivity contribution in [2.24, 2.45) is 7.05 Å². The van der Waals surface area contributed by atoms with Crippen LogP contribution in [0.1, 0.15) is 24.2 Å². The predicted octanol–water partition coefficient (Wildman–Crippen LogP) is 3.80. The smallest absolute Gasteiger partial charge is 0.406 e. The monoisotopic (exact) mass is 299 g/mol. The second kappa shape index (κ2) is 5.67. The molecular formula is C14H16F3N3O. The summed E-state index contributed by atoms with van der Waals surface area (Å²) in [5, 5.41) is 7.38. The molecule has 0 radical (unpaired) electrons. The fourth-order valence-electron chi connectivity index (χ4n) is 2.15. The van der Waals surface area contributed by atoms with Gasteiger partial charge in [0.25, 0.3) is 0 Å². The molecule has 1 aromatic carbocycles. The van der Waals surface area contributed by atoms with Gasteiger partial charge in [-0.3, -0.25) is 4.68 Å². The Morgan fingerprint density at radius 2 is 2.05 bits per heavy atom. The van der Waals surface area contributed by atoms with E-state index < -0.39 is 6.36 Å². The van der Waals surface area contributed by atoms with Crippen molar-refractivity contribution in [3.05, 3.63) is 41.7 Å². The minimum Gasteiger partial charge on any atom is -0.406 e. The summed E-state index contributed by atoms with van der Waals surface area (Å²) < 4.78 is 42.2. The number of rotatable bonds is 4. The average molecular weight is 299 g/mol. The van der Waals surface area contributed by atoms with E-state index >= 15 is 0 Å². The number of benzene rings is 1. The minimum atomic E-state index is -4.69. The summed E-state index contributed by atoms with van der Waals surface area (Å²) in [6.45, 7) is 3.80. The lowest BCUT2D eigenvalue weighted by Gasteiger charge is -2.16. The highest BCUT2D eigenvalue weighted by Crippen LogP contribution is 2.27. The van der Waals surface area contributed by atoms with Gasteiger partial charge in [0.05, 0.1) is 11.7 Å². The van der Waals surface area contributed by atoms with E-state index in [1.807, 2.05) is 27.1 Å². The zero-order chi connectivity index (χ0) is 15.6. The van der Waals surface area contributed by atoms with Crippen molar-refractivity contribution in [2.45, 2.75) is 26.3 Å². The third kappa shape index (κ3) is 4.14. The highest BCUT2D eigenvalue weighted by molar-refractivity contribution is 5.50. The zero-order valence-corrected chi connectivity index (χ0v) is 11.9. The third-order valence-electron chi connectivity index (χ3n) is 2.97. The summed E-state index contributed by atoms with van der Waals surface area (Å²) in [5.41, 5.74) is 2.41. The van der Waals surface area contributed by atoms with Crippen LogP contribution < -0.4 is 10.1 Å². The molecule has 0 spiro atoms. The molecular weight excluding hydrogens is 283 g/mol. The summed E-state index contributed by atoms with van der Waals surface area (Å²) in [7, 11) is 1.82. The highest BCUT2D eigenvalue weighted by Gasteiger charge is 2.31. The second-order valence-corrected chi connectivity index (χ2v) is 4.79. The molecule has 1 heterocycles. The van der Waals surface area contributed by atoms with E-state index in [9.17, 15) is 13.2 Å². The van der Waals surface area contributed by atoms with Crippen LogP contribution >= 0.6 is 0 Å². The molecule has 114 valence electrons. The number of aromatic nitrogens is 2. The van der Waals surface area contributed by atoms with Crippen molar-refractivity contribution >= 4 is 5.69 Å². The molecule has 0 aliphatic rings. The van der Waals surface area contributed by atoms with Gasteiger partial charge in [-0.25, -0.2) is 0 Å². The van der Waals surface area contributed by atoms with Gasteiger partial charge >= 0.3 is 6.36 Å². The third-order valence-corrected chi connectivity index (χ3v) is 2.97. The van der Waals surface area contributed by atoms with E-state index in [1.165, 1.54) is 18.2 Å². The van der Waals surface area contributed by atoms with Gasteiger partial charge < -0.3 is 10.1 Å². The Hall–Kier alpha value is -2.18. The standard InChI is InChI=1S/C14H16F3N3O/c1-9(13-8-20(3)19-10(13)2)18-11-5-4-6-12(7-11)21-14(15,16)17/h4-9,18H,1-3H3. The van der Waals surface area contributed by atoms with Crippen LogP contribution in [0.3, 0.4) is 0 Å². The fraction of sp³-hybridized carbons (Fsp3) is 0.357. The maximum atomic E-state index is 12.2. The van der Waals surface area contributed by atoms with Gasteiger partial charge in [0.1, 0.15) is 5.75 Å². The number of halogens is 3. The SMILES string of the molecule is Cc1nn(C)cc1C(C)Nc1cccc(OC(F)(F)F)c1. The molecule has 0 saturated heterocycles. The highest BCUT2D eigenvalue weighted by atomic mass is 19.4. The van der Waals surface area contributed by atoms with Gasteiger partial charge in [0.15, 0.2) is 0 Å². The Labute approximate surface area is 120 Å². The Morgan fingerprint density at radius 1 is 1.33 bits per heavy atom. The molecule has 4 nitrogen and oxygen atoms in total. The summed E-state index contributed by atoms with van der Waals surface area (Å²) in [6.07, 6.45) is -2.81. The number of alkyl halides is 3. The van der Waals surface area contributed by atoms with Crippen molar-refractivity contribution in [1.29, 1.82) is 0 Å². The first-order chi connectivity index (χ1) is 9.74. The predicted molar refractivity (Wildman–Crippen MR) is 73.1 cm³/mol. The van der Waals surface area contributed by atoms with Gasteiger partial charge in [-0.1, -0.05) is 6.07 Å². The number of nitrogens with one attached hydrogen (secondary N) is 1. The average Bonchev–Trinajstić information content (AvgIpc) is 2.66. The van der Waals surface area contributed by atoms with Crippen molar-refractivity contribution in [3.63, 3.8) is 0 Å².